The fourth-order valence-electron chi connectivity index (χ4n) is 3.22. The van der Waals surface area contributed by atoms with Gasteiger partial charge in [-0.15, -0.1) is 0 Å². The zero-order valence-corrected chi connectivity index (χ0v) is 13.2. The first kappa shape index (κ1) is 15.8. The summed E-state index contributed by atoms with van der Waals surface area (Å²) in [6.45, 7) is 6.60. The van der Waals surface area contributed by atoms with E-state index in [1.54, 1.807) is 12.1 Å². The van der Waals surface area contributed by atoms with Crippen LogP contribution in [-0.4, -0.2) is 42.2 Å². The number of phenols is 1. The van der Waals surface area contributed by atoms with E-state index in [0.717, 1.165) is 49.9 Å². The highest BCUT2D eigenvalue weighted by molar-refractivity contribution is 5.92. The van der Waals surface area contributed by atoms with Crippen LogP contribution >= 0.6 is 0 Å². The molecule has 21 heavy (non-hydrogen) atoms. The first-order chi connectivity index (χ1) is 10.1. The highest BCUT2D eigenvalue weighted by atomic mass is 16.5. The van der Waals surface area contributed by atoms with Crippen LogP contribution in [0, 0.1) is 0 Å². The average molecular weight is 291 g/mol. The molecule has 0 heterocycles. The van der Waals surface area contributed by atoms with Crippen molar-refractivity contribution in [3.63, 3.8) is 0 Å². The van der Waals surface area contributed by atoms with E-state index in [1.807, 2.05) is 0 Å². The topological polar surface area (TPSA) is 49.8 Å². The number of benzene rings is 1. The number of nitrogens with zero attached hydrogens (tertiary/aromatic N) is 1. The molecule has 0 spiro atoms. The lowest BCUT2D eigenvalue weighted by Gasteiger charge is -2.27. The molecule has 0 amide bonds. The van der Waals surface area contributed by atoms with E-state index in [-0.39, 0.29) is 11.3 Å². The normalized spacial score (nSPS) is 17.0. The van der Waals surface area contributed by atoms with Crippen molar-refractivity contribution in [2.75, 3.05) is 20.2 Å². The summed E-state index contributed by atoms with van der Waals surface area (Å²) in [5, 5.41) is 9.99. The molecule has 4 heteroatoms. The predicted molar refractivity (Wildman–Crippen MR) is 82.8 cm³/mol. The number of rotatable bonds is 6. The second-order valence-electron chi connectivity index (χ2n) is 5.73. The summed E-state index contributed by atoms with van der Waals surface area (Å²) in [7, 11) is 1.34. The van der Waals surface area contributed by atoms with Crippen molar-refractivity contribution < 1.29 is 14.6 Å². The minimum atomic E-state index is -0.474. The Balaban J connectivity index is 2.20. The van der Waals surface area contributed by atoms with Crippen LogP contribution in [0.2, 0.25) is 0 Å². The van der Waals surface area contributed by atoms with E-state index in [2.05, 4.69) is 18.7 Å². The summed E-state index contributed by atoms with van der Waals surface area (Å²) in [6.07, 6.45) is 4.18. The van der Waals surface area contributed by atoms with E-state index >= 15 is 0 Å². The van der Waals surface area contributed by atoms with E-state index in [9.17, 15) is 9.90 Å². The van der Waals surface area contributed by atoms with Crippen molar-refractivity contribution >= 4 is 5.97 Å². The second-order valence-corrected chi connectivity index (χ2v) is 5.73. The molecule has 116 valence electrons. The lowest BCUT2D eigenvalue weighted by atomic mass is 10.1. The summed E-state index contributed by atoms with van der Waals surface area (Å²) in [4.78, 5) is 14.2. The SMILES string of the molecule is CCCN(CCC)C1Cc2cc(O)c(C(=O)OC)cc2C1. The monoisotopic (exact) mass is 291 g/mol. The molecule has 0 aromatic heterocycles. The number of carbonyl (C=O) groups is 1. The van der Waals surface area contributed by atoms with Crippen molar-refractivity contribution in [1.29, 1.82) is 0 Å². The highest BCUT2D eigenvalue weighted by Gasteiger charge is 2.28. The Morgan fingerprint density at radius 1 is 1.24 bits per heavy atom. The standard InChI is InChI=1S/C17H25NO3/c1-4-6-18(7-5-2)14-8-12-10-15(17(20)21-3)16(19)11-13(12)9-14/h10-11,14,19H,4-9H2,1-3H3. The number of ether oxygens (including phenoxy) is 1. The van der Waals surface area contributed by atoms with Gasteiger partial charge in [0.25, 0.3) is 0 Å². The van der Waals surface area contributed by atoms with E-state index < -0.39 is 5.97 Å². The Kier molecular flexibility index (Phi) is 5.23. The number of hydrogen-bond donors (Lipinski definition) is 1. The van der Waals surface area contributed by atoms with Crippen molar-refractivity contribution in [2.45, 2.75) is 45.6 Å². The third-order valence-electron chi connectivity index (χ3n) is 4.17. The Hall–Kier alpha value is -1.55. The zero-order valence-electron chi connectivity index (χ0n) is 13.2. The summed E-state index contributed by atoms with van der Waals surface area (Å²) in [6, 6.07) is 4.01. The first-order valence-electron chi connectivity index (χ1n) is 7.77. The molecule has 1 aliphatic rings. The van der Waals surface area contributed by atoms with Gasteiger partial charge >= 0.3 is 5.97 Å². The summed E-state index contributed by atoms with van der Waals surface area (Å²) >= 11 is 0. The molecule has 0 fully saturated rings. The Morgan fingerprint density at radius 3 is 2.33 bits per heavy atom. The third-order valence-corrected chi connectivity index (χ3v) is 4.17. The molecular formula is C17H25NO3. The third kappa shape index (κ3) is 3.38. The molecule has 0 saturated carbocycles. The number of fused-ring (bicyclic) bond motifs is 1. The van der Waals surface area contributed by atoms with Crippen LogP contribution in [0.1, 0.15) is 48.2 Å². The molecule has 1 N–H and O–H groups in total. The fourth-order valence-corrected chi connectivity index (χ4v) is 3.22. The van der Waals surface area contributed by atoms with Gasteiger partial charge in [-0.2, -0.15) is 0 Å². The molecule has 1 atom stereocenters. The summed E-state index contributed by atoms with van der Waals surface area (Å²) < 4.78 is 4.72. The number of esters is 1. The number of aromatic hydroxyl groups is 1. The van der Waals surface area contributed by atoms with Crippen LogP contribution in [0.5, 0.6) is 5.75 Å². The van der Waals surface area contributed by atoms with Crippen LogP contribution in [0.15, 0.2) is 12.1 Å². The lowest BCUT2D eigenvalue weighted by molar-refractivity contribution is 0.0597. The lowest BCUT2D eigenvalue weighted by Crippen LogP contribution is -2.37. The van der Waals surface area contributed by atoms with Gasteiger partial charge in [0, 0.05) is 6.04 Å². The molecule has 1 aliphatic carbocycles. The number of phenolic OH excluding ortho intramolecular Hbond substituents is 1. The molecule has 0 aliphatic heterocycles. The van der Waals surface area contributed by atoms with Gasteiger partial charge in [0.05, 0.1) is 7.11 Å². The zero-order chi connectivity index (χ0) is 15.4. The van der Waals surface area contributed by atoms with Gasteiger partial charge in [0.2, 0.25) is 0 Å². The van der Waals surface area contributed by atoms with Crippen LogP contribution in [-0.2, 0) is 17.6 Å². The van der Waals surface area contributed by atoms with Crippen LogP contribution in [0.3, 0.4) is 0 Å². The molecular weight excluding hydrogens is 266 g/mol. The number of carbonyl (C=O) groups excluding carboxylic acids is 1. The highest BCUT2D eigenvalue weighted by Crippen LogP contribution is 2.31. The summed E-state index contributed by atoms with van der Waals surface area (Å²) in [5.41, 5.74) is 2.59. The number of hydrogen-bond acceptors (Lipinski definition) is 4. The Bertz CT molecular complexity index is 507. The largest absolute Gasteiger partial charge is 0.507 e. The van der Waals surface area contributed by atoms with Crippen molar-refractivity contribution in [3.8, 4) is 5.75 Å². The van der Waals surface area contributed by atoms with Crippen molar-refractivity contribution in [3.05, 3.63) is 28.8 Å². The molecule has 1 unspecified atom stereocenters. The maximum absolute atomic E-state index is 11.7. The molecule has 1 aromatic carbocycles. The van der Waals surface area contributed by atoms with Gasteiger partial charge in [-0.05, 0) is 62.0 Å². The minimum Gasteiger partial charge on any atom is -0.507 e. The fraction of sp³-hybridized carbons (Fsp3) is 0.588. The van der Waals surface area contributed by atoms with E-state index in [1.165, 1.54) is 7.11 Å². The molecule has 4 nitrogen and oxygen atoms in total. The maximum Gasteiger partial charge on any atom is 0.341 e. The molecule has 0 saturated heterocycles. The van der Waals surface area contributed by atoms with Gasteiger partial charge in [-0.1, -0.05) is 13.8 Å². The predicted octanol–water partition coefficient (Wildman–Crippen LogP) is 2.77. The van der Waals surface area contributed by atoms with Gasteiger partial charge < -0.3 is 9.84 Å². The quantitative estimate of drug-likeness (QED) is 0.819. The van der Waals surface area contributed by atoms with Gasteiger partial charge in [-0.3, -0.25) is 4.90 Å². The van der Waals surface area contributed by atoms with Crippen LogP contribution < -0.4 is 0 Å². The Labute approximate surface area is 126 Å². The van der Waals surface area contributed by atoms with Crippen LogP contribution in [0.25, 0.3) is 0 Å². The first-order valence-corrected chi connectivity index (χ1v) is 7.77. The molecule has 0 radical (unpaired) electrons. The van der Waals surface area contributed by atoms with Crippen molar-refractivity contribution in [2.24, 2.45) is 0 Å². The summed E-state index contributed by atoms with van der Waals surface area (Å²) in [5.74, 6) is -0.448. The van der Waals surface area contributed by atoms with Gasteiger partial charge in [0.1, 0.15) is 11.3 Å². The second kappa shape index (κ2) is 6.94. The van der Waals surface area contributed by atoms with E-state index in [4.69, 9.17) is 4.74 Å². The van der Waals surface area contributed by atoms with Gasteiger partial charge in [0.15, 0.2) is 0 Å². The number of methoxy groups -OCH3 is 1. The Morgan fingerprint density at radius 2 is 1.81 bits per heavy atom. The smallest absolute Gasteiger partial charge is 0.341 e. The molecule has 2 rings (SSSR count). The maximum atomic E-state index is 11.7. The van der Waals surface area contributed by atoms with Crippen molar-refractivity contribution in [1.82, 2.24) is 4.90 Å². The van der Waals surface area contributed by atoms with E-state index in [0.29, 0.717) is 6.04 Å². The minimum absolute atomic E-state index is 0.0267. The molecule has 1 aromatic rings. The average Bonchev–Trinajstić information content (AvgIpc) is 2.88. The van der Waals surface area contributed by atoms with Crippen LogP contribution in [0.4, 0.5) is 0 Å². The van der Waals surface area contributed by atoms with Gasteiger partial charge in [-0.25, -0.2) is 4.79 Å². The molecule has 0 bridgehead atoms.